The predicted octanol–water partition coefficient (Wildman–Crippen LogP) is 2.43. The summed E-state index contributed by atoms with van der Waals surface area (Å²) in [4.78, 5) is 16.2. The maximum absolute atomic E-state index is 12.7. The van der Waals surface area contributed by atoms with Gasteiger partial charge in [0, 0.05) is 13.1 Å². The number of nitrogens with one attached hydrogen (secondary N) is 1. The molecule has 10 heteroatoms. The summed E-state index contributed by atoms with van der Waals surface area (Å²) < 4.78 is 32.8. The monoisotopic (exact) mass is 447 g/mol. The summed E-state index contributed by atoms with van der Waals surface area (Å²) in [5.41, 5.74) is 0.656. The maximum atomic E-state index is 12.7. The maximum Gasteiger partial charge on any atom is 0.243 e. The highest BCUT2D eigenvalue weighted by Gasteiger charge is 2.26. The van der Waals surface area contributed by atoms with Gasteiger partial charge in [-0.25, -0.2) is 13.4 Å². The highest BCUT2D eigenvalue weighted by atomic mass is 79.9. The minimum atomic E-state index is -3.55. The molecule has 1 unspecified atom stereocenters. The number of sulfonamides is 1. The number of carbonyl (C=O) groups is 1. The van der Waals surface area contributed by atoms with Crippen molar-refractivity contribution in [1.82, 2.24) is 9.29 Å². The second-order valence-electron chi connectivity index (χ2n) is 5.53. The Balaban J connectivity index is 1.86. The third-order valence-electron chi connectivity index (χ3n) is 3.84. The first-order chi connectivity index (χ1) is 11.9. The molecule has 7 nitrogen and oxygen atoms in total. The van der Waals surface area contributed by atoms with E-state index in [1.807, 2.05) is 6.92 Å². The smallest absolute Gasteiger partial charge is 0.243 e. The summed E-state index contributed by atoms with van der Waals surface area (Å²) in [7, 11) is -3.55. The van der Waals surface area contributed by atoms with Gasteiger partial charge in [0.1, 0.15) is 0 Å². The van der Waals surface area contributed by atoms with E-state index in [1.54, 1.807) is 18.2 Å². The van der Waals surface area contributed by atoms with Gasteiger partial charge in [0.05, 0.1) is 33.2 Å². The van der Waals surface area contributed by atoms with Gasteiger partial charge in [-0.15, -0.1) is 0 Å². The summed E-state index contributed by atoms with van der Waals surface area (Å²) in [6, 6.07) is 4.83. The van der Waals surface area contributed by atoms with Crippen molar-refractivity contribution in [3.05, 3.63) is 18.2 Å². The number of fused-ring (bicyclic) bond motifs is 1. The van der Waals surface area contributed by atoms with E-state index < -0.39 is 10.0 Å². The fraction of sp³-hybridized carbons (Fsp3) is 0.467. The van der Waals surface area contributed by atoms with Crippen LogP contribution < -0.4 is 5.32 Å². The Hall–Kier alpha value is -1.07. The molecule has 2 aromatic rings. The Morgan fingerprint density at radius 3 is 2.84 bits per heavy atom. The van der Waals surface area contributed by atoms with Crippen molar-refractivity contribution >= 4 is 58.5 Å². The van der Waals surface area contributed by atoms with Gasteiger partial charge in [0.2, 0.25) is 15.9 Å². The molecule has 0 saturated carbocycles. The summed E-state index contributed by atoms with van der Waals surface area (Å²) in [6.45, 7) is 3.43. The number of ether oxygens (including phenoxy) is 1. The molecule has 1 amide bonds. The SMILES string of the molecule is CCC(Br)C(=O)Nc1nc2ccc(S(=O)(=O)N3CCOCC3)cc2s1. The lowest BCUT2D eigenvalue weighted by Gasteiger charge is -2.25. The molecule has 1 fully saturated rings. The molecule has 1 aromatic heterocycles. The third kappa shape index (κ3) is 4.03. The molecule has 2 heterocycles. The van der Waals surface area contributed by atoms with Crippen LogP contribution in [0, 0.1) is 0 Å². The first kappa shape index (κ1) is 18.7. The van der Waals surface area contributed by atoms with Crippen LogP contribution in [-0.4, -0.2) is 54.7 Å². The molecule has 136 valence electrons. The normalized spacial score (nSPS) is 17.5. The van der Waals surface area contributed by atoms with Gasteiger partial charge in [0.25, 0.3) is 0 Å². The Bertz CT molecular complexity index is 878. The Labute approximate surface area is 158 Å². The lowest BCUT2D eigenvalue weighted by atomic mass is 10.3. The molecule has 1 aliphatic rings. The van der Waals surface area contributed by atoms with E-state index in [4.69, 9.17) is 4.74 Å². The molecule has 1 atom stereocenters. The van der Waals surface area contributed by atoms with Crippen molar-refractivity contribution in [1.29, 1.82) is 0 Å². The number of carbonyl (C=O) groups excluding carboxylic acids is 1. The molecule has 1 N–H and O–H groups in total. The number of morpholine rings is 1. The van der Waals surface area contributed by atoms with Gasteiger partial charge < -0.3 is 10.1 Å². The summed E-state index contributed by atoms with van der Waals surface area (Å²) in [5, 5.41) is 3.21. The number of alkyl halides is 1. The Kier molecular flexibility index (Phi) is 5.74. The van der Waals surface area contributed by atoms with Crippen LogP contribution in [0.15, 0.2) is 23.1 Å². The van der Waals surface area contributed by atoms with E-state index in [0.29, 0.717) is 48.1 Å². The van der Waals surface area contributed by atoms with Gasteiger partial charge in [-0.05, 0) is 24.6 Å². The fourth-order valence-electron chi connectivity index (χ4n) is 2.42. The number of halogens is 1. The topological polar surface area (TPSA) is 88.6 Å². The average molecular weight is 448 g/mol. The van der Waals surface area contributed by atoms with Gasteiger partial charge in [0.15, 0.2) is 5.13 Å². The molecule has 3 rings (SSSR count). The zero-order valence-corrected chi connectivity index (χ0v) is 16.8. The van der Waals surface area contributed by atoms with Crippen LogP contribution in [-0.2, 0) is 19.6 Å². The minimum absolute atomic E-state index is 0.164. The highest BCUT2D eigenvalue weighted by molar-refractivity contribution is 9.10. The number of hydrogen-bond donors (Lipinski definition) is 1. The van der Waals surface area contributed by atoms with E-state index in [-0.39, 0.29) is 15.6 Å². The van der Waals surface area contributed by atoms with Gasteiger partial charge in [-0.1, -0.05) is 34.2 Å². The fourth-order valence-corrected chi connectivity index (χ4v) is 4.96. The molecule has 1 aromatic carbocycles. The minimum Gasteiger partial charge on any atom is -0.379 e. The first-order valence-corrected chi connectivity index (χ1v) is 11.0. The first-order valence-electron chi connectivity index (χ1n) is 7.85. The number of amides is 1. The quantitative estimate of drug-likeness (QED) is 0.710. The summed E-state index contributed by atoms with van der Waals surface area (Å²) >= 11 is 4.55. The van der Waals surface area contributed by atoms with Crippen LogP contribution in [0.4, 0.5) is 5.13 Å². The second-order valence-corrected chi connectivity index (χ2v) is 9.60. The lowest BCUT2D eigenvalue weighted by Crippen LogP contribution is -2.40. The second kappa shape index (κ2) is 7.67. The highest BCUT2D eigenvalue weighted by Crippen LogP contribution is 2.29. The molecule has 0 aliphatic carbocycles. The van der Waals surface area contributed by atoms with Gasteiger partial charge in [-0.2, -0.15) is 4.31 Å². The zero-order valence-electron chi connectivity index (χ0n) is 13.6. The largest absolute Gasteiger partial charge is 0.379 e. The molecule has 0 bridgehead atoms. The molecular weight excluding hydrogens is 430 g/mol. The van der Waals surface area contributed by atoms with E-state index in [1.165, 1.54) is 15.6 Å². The van der Waals surface area contributed by atoms with Crippen molar-refractivity contribution in [2.45, 2.75) is 23.1 Å². The molecular formula is C15H18BrN3O4S2. The summed E-state index contributed by atoms with van der Waals surface area (Å²) in [5.74, 6) is -0.164. The van der Waals surface area contributed by atoms with Crippen LogP contribution in [0.1, 0.15) is 13.3 Å². The van der Waals surface area contributed by atoms with Gasteiger partial charge in [-0.3, -0.25) is 4.79 Å². The van der Waals surface area contributed by atoms with Crippen molar-refractivity contribution in [3.63, 3.8) is 0 Å². The summed E-state index contributed by atoms with van der Waals surface area (Å²) in [6.07, 6.45) is 0.665. The molecule has 1 saturated heterocycles. The van der Waals surface area contributed by atoms with Crippen LogP contribution in [0.25, 0.3) is 10.2 Å². The van der Waals surface area contributed by atoms with Crippen molar-refractivity contribution in [3.8, 4) is 0 Å². The molecule has 1 aliphatic heterocycles. The van der Waals surface area contributed by atoms with Gasteiger partial charge >= 0.3 is 0 Å². The van der Waals surface area contributed by atoms with Crippen LogP contribution in [0.2, 0.25) is 0 Å². The third-order valence-corrected chi connectivity index (χ3v) is 7.73. The standard InChI is InChI=1S/C15H18BrN3O4S2/c1-2-11(16)14(20)18-15-17-12-4-3-10(9-13(12)24-15)25(21,22)19-5-7-23-8-6-19/h3-4,9,11H,2,5-8H2,1H3,(H,17,18,20). The van der Waals surface area contributed by atoms with Crippen molar-refractivity contribution < 1.29 is 17.9 Å². The number of rotatable bonds is 5. The number of nitrogens with zero attached hydrogens (tertiary/aromatic N) is 2. The predicted molar refractivity (Wildman–Crippen MR) is 101 cm³/mol. The number of thiazole rings is 1. The molecule has 0 spiro atoms. The number of anilines is 1. The number of benzene rings is 1. The van der Waals surface area contributed by atoms with Crippen molar-refractivity contribution in [2.75, 3.05) is 31.6 Å². The van der Waals surface area contributed by atoms with Crippen molar-refractivity contribution in [2.24, 2.45) is 0 Å². The zero-order chi connectivity index (χ0) is 18.0. The van der Waals surface area contributed by atoms with Crippen LogP contribution >= 0.6 is 27.3 Å². The van der Waals surface area contributed by atoms with E-state index in [0.717, 1.165) is 0 Å². The molecule has 25 heavy (non-hydrogen) atoms. The van der Waals surface area contributed by atoms with Crippen LogP contribution in [0.5, 0.6) is 0 Å². The van der Waals surface area contributed by atoms with E-state index >= 15 is 0 Å². The lowest BCUT2D eigenvalue weighted by molar-refractivity contribution is -0.115. The van der Waals surface area contributed by atoms with E-state index in [9.17, 15) is 13.2 Å². The number of aromatic nitrogens is 1. The Morgan fingerprint density at radius 1 is 1.44 bits per heavy atom. The van der Waals surface area contributed by atoms with E-state index in [2.05, 4.69) is 26.2 Å². The number of hydrogen-bond acceptors (Lipinski definition) is 6. The molecule has 0 radical (unpaired) electrons. The van der Waals surface area contributed by atoms with Crippen LogP contribution in [0.3, 0.4) is 0 Å². The Morgan fingerprint density at radius 2 is 2.16 bits per heavy atom. The average Bonchev–Trinajstić information content (AvgIpc) is 3.02.